The zero-order valence-corrected chi connectivity index (χ0v) is 27.9. The molecule has 48 heavy (non-hydrogen) atoms. The van der Waals surface area contributed by atoms with Crippen LogP contribution in [-0.4, -0.2) is 94.8 Å². The summed E-state index contributed by atoms with van der Waals surface area (Å²) < 4.78 is 29.6. The lowest BCUT2D eigenvalue weighted by atomic mass is 9.80. The zero-order valence-electron chi connectivity index (χ0n) is 26.3. The third kappa shape index (κ3) is 5.73. The van der Waals surface area contributed by atoms with E-state index in [1.54, 1.807) is 55.5 Å². The van der Waals surface area contributed by atoms with Crippen LogP contribution in [0.2, 0.25) is 0 Å². The van der Waals surface area contributed by atoms with Crippen LogP contribution in [0.4, 0.5) is 14.6 Å². The predicted molar refractivity (Wildman–Crippen MR) is 174 cm³/mol. The van der Waals surface area contributed by atoms with Crippen LogP contribution in [0.25, 0.3) is 22.2 Å². The molecule has 1 aliphatic carbocycles. The number of pyridine rings is 2. The average Bonchev–Trinajstić information content (AvgIpc) is 3.68. The van der Waals surface area contributed by atoms with Gasteiger partial charge in [-0.15, -0.1) is 5.92 Å². The number of carbonyl (C=O) groups excluding carboxylic acids is 3. The van der Waals surface area contributed by atoms with E-state index in [0.717, 1.165) is 5.56 Å². The van der Waals surface area contributed by atoms with Crippen LogP contribution < -0.4 is 5.32 Å². The van der Waals surface area contributed by atoms with Crippen molar-refractivity contribution in [2.45, 2.75) is 58.2 Å². The molecule has 6 heterocycles. The van der Waals surface area contributed by atoms with Gasteiger partial charge in [-0.3, -0.25) is 28.9 Å². The number of amides is 2. The average molecular weight is 719 g/mol. The third-order valence-electron chi connectivity index (χ3n) is 9.14. The first-order chi connectivity index (χ1) is 22.8. The molecular weight excluding hydrogens is 688 g/mol. The van der Waals surface area contributed by atoms with E-state index in [1.807, 2.05) is 0 Å². The Balaban J connectivity index is 1.22. The van der Waals surface area contributed by atoms with Crippen LogP contribution >= 0.6 is 15.9 Å². The van der Waals surface area contributed by atoms with Crippen LogP contribution in [0.1, 0.15) is 41.6 Å². The zero-order chi connectivity index (χ0) is 34.0. The topological polar surface area (TPSA) is 139 Å². The molecule has 4 aromatic heterocycles. The number of rotatable bonds is 8. The molecule has 2 aliphatic heterocycles. The van der Waals surface area contributed by atoms with E-state index in [-0.39, 0.29) is 37.4 Å². The van der Waals surface area contributed by atoms with Crippen molar-refractivity contribution in [3.63, 3.8) is 0 Å². The van der Waals surface area contributed by atoms with Crippen LogP contribution in [0.15, 0.2) is 41.4 Å². The molecular formula is C33H30BrF2N9O3. The molecule has 4 aromatic rings. The number of ketones is 1. The fraction of sp³-hybridized carbons (Fsp3) is 0.394. The van der Waals surface area contributed by atoms with Gasteiger partial charge in [-0.2, -0.15) is 5.10 Å². The Kier molecular flexibility index (Phi) is 7.83. The highest BCUT2D eigenvalue weighted by Gasteiger charge is 2.59. The fourth-order valence-electron chi connectivity index (χ4n) is 6.89. The molecule has 0 aromatic carbocycles. The third-order valence-corrected chi connectivity index (χ3v) is 9.58. The maximum atomic E-state index is 14.4. The summed E-state index contributed by atoms with van der Waals surface area (Å²) in [5.74, 6) is 3.30. The van der Waals surface area contributed by atoms with E-state index in [9.17, 15) is 23.2 Å². The number of alkyl halides is 2. The fourth-order valence-corrected chi connectivity index (χ4v) is 7.20. The maximum Gasteiger partial charge on any atom is 0.272 e. The van der Waals surface area contributed by atoms with E-state index in [0.29, 0.717) is 38.4 Å². The summed E-state index contributed by atoms with van der Waals surface area (Å²) in [4.78, 5) is 61.5. The lowest BCUT2D eigenvalue weighted by Gasteiger charge is -2.43. The van der Waals surface area contributed by atoms with Gasteiger partial charge in [-0.05, 0) is 53.9 Å². The Labute approximate surface area is 282 Å². The van der Waals surface area contributed by atoms with Crippen LogP contribution in [-0.2, 0) is 16.1 Å². The highest BCUT2D eigenvalue weighted by Crippen LogP contribution is 2.47. The van der Waals surface area contributed by atoms with Crippen molar-refractivity contribution < 1.29 is 23.2 Å². The normalized spacial score (nSPS) is 22.6. The van der Waals surface area contributed by atoms with Crippen LogP contribution in [0, 0.1) is 31.1 Å². The Morgan fingerprint density at radius 3 is 2.56 bits per heavy atom. The smallest absolute Gasteiger partial charge is 0.272 e. The van der Waals surface area contributed by atoms with E-state index < -0.39 is 48.3 Å². The molecule has 7 rings (SSSR count). The number of nitrogens with zero attached hydrogens (tertiary/aromatic N) is 8. The molecule has 1 N–H and O–H groups in total. The highest BCUT2D eigenvalue weighted by atomic mass is 79.9. The Bertz CT molecular complexity index is 2050. The highest BCUT2D eigenvalue weighted by molar-refractivity contribution is 9.10. The number of Topliss-reactive ketones (excluding diaryl/α,β-unsaturated/α-hetero) is 1. The number of likely N-dealkylation sites (tertiary alicyclic amines) is 2. The number of anilines is 1. The Morgan fingerprint density at radius 2 is 1.85 bits per heavy atom. The molecule has 0 bridgehead atoms. The van der Waals surface area contributed by atoms with Gasteiger partial charge in [0.05, 0.1) is 42.0 Å². The number of aromatic nitrogens is 6. The minimum absolute atomic E-state index is 0.165. The van der Waals surface area contributed by atoms with Crippen LogP contribution in [0.5, 0.6) is 0 Å². The summed E-state index contributed by atoms with van der Waals surface area (Å²) in [5, 5.41) is 7.89. The SMILES string of the molecule is CC(=O)c1nn(CC(=O)N2[C@H](C(=O)Nc3nc(Br)ccc3C)C[C@@]3(CN4CC(F)(F)C4)C#CC[C@@H]23)c2cnc(-c3cnc(C)nc3)cc12. The second kappa shape index (κ2) is 11.8. The van der Waals surface area contributed by atoms with E-state index in [2.05, 4.69) is 58.1 Å². The monoisotopic (exact) mass is 717 g/mol. The summed E-state index contributed by atoms with van der Waals surface area (Å²) in [6, 6.07) is 3.76. The molecule has 2 saturated heterocycles. The van der Waals surface area contributed by atoms with Gasteiger partial charge in [-0.1, -0.05) is 12.0 Å². The van der Waals surface area contributed by atoms with E-state index in [1.165, 1.54) is 16.5 Å². The number of fused-ring (bicyclic) bond motifs is 2. The van der Waals surface area contributed by atoms with Gasteiger partial charge in [0.2, 0.25) is 11.8 Å². The summed E-state index contributed by atoms with van der Waals surface area (Å²) in [6.07, 6.45) is 5.27. The quantitative estimate of drug-likeness (QED) is 0.164. The first kappa shape index (κ1) is 31.9. The van der Waals surface area contributed by atoms with Gasteiger partial charge in [-0.25, -0.2) is 23.7 Å². The molecule has 2 amide bonds. The molecule has 12 nitrogen and oxygen atoms in total. The van der Waals surface area contributed by atoms with Gasteiger partial charge in [0.1, 0.15) is 34.5 Å². The summed E-state index contributed by atoms with van der Waals surface area (Å²) >= 11 is 3.34. The molecule has 0 spiro atoms. The van der Waals surface area contributed by atoms with Crippen molar-refractivity contribution in [1.82, 2.24) is 39.5 Å². The van der Waals surface area contributed by atoms with Gasteiger partial charge >= 0.3 is 0 Å². The van der Waals surface area contributed by atoms with Crippen molar-refractivity contribution in [2.24, 2.45) is 5.41 Å². The largest absolute Gasteiger partial charge is 0.323 e. The minimum Gasteiger partial charge on any atom is -0.323 e. The number of hydrogen-bond acceptors (Lipinski definition) is 9. The number of carbonyl (C=O) groups is 3. The van der Waals surface area contributed by atoms with Crippen molar-refractivity contribution in [3.05, 3.63) is 58.5 Å². The second-order valence-corrected chi connectivity index (χ2v) is 13.5. The molecule has 3 aliphatic rings. The van der Waals surface area contributed by atoms with E-state index in [4.69, 9.17) is 0 Å². The lowest BCUT2D eigenvalue weighted by Crippen LogP contribution is -2.60. The second-order valence-electron chi connectivity index (χ2n) is 12.7. The number of nitrogens with one attached hydrogen (secondary N) is 1. The molecule has 3 atom stereocenters. The molecule has 0 unspecified atom stereocenters. The van der Waals surface area contributed by atoms with Gasteiger partial charge in [0.15, 0.2) is 5.78 Å². The number of aryl methyl sites for hydroxylation is 2. The molecule has 15 heteroatoms. The van der Waals surface area contributed by atoms with Crippen molar-refractivity contribution in [1.29, 1.82) is 0 Å². The van der Waals surface area contributed by atoms with Crippen LogP contribution in [0.3, 0.4) is 0 Å². The molecule has 0 radical (unpaired) electrons. The van der Waals surface area contributed by atoms with Gasteiger partial charge < -0.3 is 10.2 Å². The standard InChI is InChI=1S/C33H30BrF2N9O3/c1-18-6-7-27(34)40-30(18)41-31(48)24-10-32(15-43-16-33(35,36)17-43)8-4-5-26(32)45(24)28(47)14-44-25-13-39-23(21-11-37-20(3)38-12-21)9-22(25)29(42-44)19(2)46/h6-7,9,11-13,24,26H,5,10,14-17H2,1-3H3,(H,40,41,48)/t24-,26+,32+/m0/s1. The first-order valence-electron chi connectivity index (χ1n) is 15.3. The molecule has 246 valence electrons. The minimum atomic E-state index is -2.77. The van der Waals surface area contributed by atoms with Crippen molar-refractivity contribution in [3.8, 4) is 23.1 Å². The summed E-state index contributed by atoms with van der Waals surface area (Å²) in [6.45, 7) is 4.08. The molecule has 2 fully saturated rings. The van der Waals surface area contributed by atoms with Gasteiger partial charge in [0.25, 0.3) is 5.92 Å². The first-order valence-corrected chi connectivity index (χ1v) is 16.1. The lowest BCUT2D eigenvalue weighted by molar-refractivity contribution is -0.143. The van der Waals surface area contributed by atoms with Gasteiger partial charge in [0, 0.05) is 43.2 Å². The number of hydrogen-bond donors (Lipinski definition) is 1. The van der Waals surface area contributed by atoms with Crippen molar-refractivity contribution in [2.75, 3.05) is 25.0 Å². The Morgan fingerprint density at radius 1 is 1.10 bits per heavy atom. The van der Waals surface area contributed by atoms with Crippen molar-refractivity contribution >= 4 is 50.2 Å². The predicted octanol–water partition coefficient (Wildman–Crippen LogP) is 3.82. The summed E-state index contributed by atoms with van der Waals surface area (Å²) in [7, 11) is 0. The summed E-state index contributed by atoms with van der Waals surface area (Å²) in [5.41, 5.74) is 1.66. The Hall–Kier alpha value is -4.68. The van der Waals surface area contributed by atoms with E-state index >= 15 is 0 Å². The molecule has 0 saturated carbocycles. The number of halogens is 3. The maximum absolute atomic E-state index is 14.4.